The zero-order chi connectivity index (χ0) is 28.0. The van der Waals surface area contributed by atoms with E-state index in [2.05, 4.69) is 165 Å². The first-order chi connectivity index (χ1) is 20.2. The largest absolute Gasteiger partial charge is 0.302 e. The highest BCUT2D eigenvalue weighted by atomic mass is 31.1. The monoisotopic (exact) mass is 571 g/mol. The zero-order valence-corrected chi connectivity index (χ0v) is 25.8. The van der Waals surface area contributed by atoms with Crippen molar-refractivity contribution in [2.24, 2.45) is 5.92 Å². The lowest BCUT2D eigenvalue weighted by molar-refractivity contribution is 0.218. The van der Waals surface area contributed by atoms with E-state index in [1.54, 1.807) is 0 Å². The maximum absolute atomic E-state index is 2.52. The van der Waals surface area contributed by atoms with E-state index in [4.69, 9.17) is 0 Å². The Morgan fingerprint density at radius 3 is 1.46 bits per heavy atom. The molecule has 41 heavy (non-hydrogen) atoms. The molecule has 0 N–H and O–H groups in total. The van der Waals surface area contributed by atoms with Crippen LogP contribution in [0.2, 0.25) is 0 Å². The predicted molar refractivity (Wildman–Crippen MR) is 182 cm³/mol. The molecule has 0 heterocycles. The SMILES string of the molecule is CN(C)[C@@H](c1ccccc1P(c1ccccc1)c1ccccc1)C1CCC[C@@H]1P(c1ccccc1)c1ccccc1. The van der Waals surface area contributed by atoms with Gasteiger partial charge >= 0.3 is 0 Å². The van der Waals surface area contributed by atoms with Crippen molar-refractivity contribution in [1.29, 1.82) is 0 Å². The van der Waals surface area contributed by atoms with Crippen molar-refractivity contribution in [2.45, 2.75) is 31.0 Å². The minimum absolute atomic E-state index is 0.355. The van der Waals surface area contributed by atoms with Crippen LogP contribution in [0, 0.1) is 5.92 Å². The molecule has 1 saturated carbocycles. The predicted octanol–water partition coefficient (Wildman–Crippen LogP) is 7.35. The molecule has 1 fully saturated rings. The van der Waals surface area contributed by atoms with Gasteiger partial charge in [-0.05, 0) is 86.4 Å². The standard InChI is InChI=1S/C38H39NP2/c1-39(2)38(35-27-17-29-37(35)41(32-22-11-5-12-23-32)33-24-13-6-14-25-33)34-26-15-16-28-36(34)40(30-18-7-3-8-19-30)31-20-9-4-10-21-31/h3-16,18-26,28,35,37-38H,17,27,29H2,1-2H3/t35?,37-,38-/m0/s1. The molecule has 0 bridgehead atoms. The van der Waals surface area contributed by atoms with Gasteiger partial charge in [-0.1, -0.05) is 152 Å². The number of nitrogens with zero attached hydrogens (tertiary/aromatic N) is 1. The molecule has 5 aromatic carbocycles. The first kappa shape index (κ1) is 28.1. The van der Waals surface area contributed by atoms with Crippen LogP contribution in [-0.4, -0.2) is 24.7 Å². The van der Waals surface area contributed by atoms with Gasteiger partial charge in [0.05, 0.1) is 0 Å². The smallest absolute Gasteiger partial charge is 0.0383 e. The van der Waals surface area contributed by atoms with Gasteiger partial charge in [0.15, 0.2) is 0 Å². The Kier molecular flexibility index (Phi) is 9.08. The van der Waals surface area contributed by atoms with Gasteiger partial charge in [0.2, 0.25) is 0 Å². The van der Waals surface area contributed by atoms with Gasteiger partial charge in [0, 0.05) is 6.04 Å². The van der Waals surface area contributed by atoms with E-state index in [0.29, 0.717) is 17.6 Å². The van der Waals surface area contributed by atoms with Gasteiger partial charge in [-0.25, -0.2) is 0 Å². The van der Waals surface area contributed by atoms with Crippen LogP contribution in [0.1, 0.15) is 30.9 Å². The molecule has 1 aliphatic rings. The summed E-state index contributed by atoms with van der Waals surface area (Å²) in [5, 5.41) is 7.34. The lowest BCUT2D eigenvalue weighted by atomic mass is 9.90. The van der Waals surface area contributed by atoms with Gasteiger partial charge in [0.25, 0.3) is 0 Å². The Labute approximate surface area is 248 Å². The highest BCUT2D eigenvalue weighted by Crippen LogP contribution is 2.54. The second kappa shape index (κ2) is 13.3. The molecule has 3 atom stereocenters. The van der Waals surface area contributed by atoms with E-state index in [1.165, 1.54) is 51.3 Å². The van der Waals surface area contributed by atoms with Crippen LogP contribution < -0.4 is 26.5 Å². The van der Waals surface area contributed by atoms with E-state index in [1.807, 2.05) is 0 Å². The fraction of sp³-hybridized carbons (Fsp3) is 0.211. The fourth-order valence-corrected chi connectivity index (χ4v) is 12.5. The van der Waals surface area contributed by atoms with E-state index < -0.39 is 15.8 Å². The summed E-state index contributed by atoms with van der Waals surface area (Å²) >= 11 is 0. The quantitative estimate of drug-likeness (QED) is 0.167. The lowest BCUT2D eigenvalue weighted by Crippen LogP contribution is -2.37. The third-order valence-corrected chi connectivity index (χ3v) is 14.0. The van der Waals surface area contributed by atoms with Crippen LogP contribution in [0.3, 0.4) is 0 Å². The van der Waals surface area contributed by atoms with Crippen molar-refractivity contribution in [1.82, 2.24) is 4.90 Å². The fourth-order valence-electron chi connectivity index (χ4n) is 6.78. The summed E-state index contributed by atoms with van der Waals surface area (Å²) in [4.78, 5) is 2.52. The molecule has 0 aromatic heterocycles. The van der Waals surface area contributed by atoms with Crippen LogP contribution in [-0.2, 0) is 0 Å². The third kappa shape index (κ3) is 6.10. The lowest BCUT2D eigenvalue weighted by Gasteiger charge is -2.39. The van der Waals surface area contributed by atoms with Crippen LogP contribution in [0.25, 0.3) is 0 Å². The average molecular weight is 572 g/mol. The molecule has 6 rings (SSSR count). The maximum atomic E-state index is 2.52. The van der Waals surface area contributed by atoms with Gasteiger partial charge < -0.3 is 4.90 Å². The summed E-state index contributed by atoms with van der Waals surface area (Å²) in [5.41, 5.74) is 2.14. The molecule has 5 aromatic rings. The van der Waals surface area contributed by atoms with E-state index in [9.17, 15) is 0 Å². The summed E-state index contributed by atoms with van der Waals surface area (Å²) in [6, 6.07) is 54.8. The number of rotatable bonds is 9. The minimum Gasteiger partial charge on any atom is -0.302 e. The van der Waals surface area contributed by atoms with Crippen molar-refractivity contribution < 1.29 is 0 Å². The second-order valence-corrected chi connectivity index (χ2v) is 15.8. The van der Waals surface area contributed by atoms with Crippen molar-refractivity contribution in [3.63, 3.8) is 0 Å². The maximum Gasteiger partial charge on any atom is 0.0383 e. The summed E-state index contributed by atoms with van der Waals surface area (Å²) in [6.07, 6.45) is 3.86. The molecule has 1 nitrogen and oxygen atoms in total. The summed E-state index contributed by atoms with van der Waals surface area (Å²) in [7, 11) is 3.46. The topological polar surface area (TPSA) is 3.24 Å². The average Bonchev–Trinajstić information content (AvgIpc) is 3.49. The molecular formula is C38H39NP2. The number of hydrogen-bond acceptors (Lipinski definition) is 1. The Balaban J connectivity index is 1.47. The highest BCUT2D eigenvalue weighted by Gasteiger charge is 2.42. The van der Waals surface area contributed by atoms with Gasteiger partial charge in [-0.2, -0.15) is 0 Å². The van der Waals surface area contributed by atoms with E-state index in [-0.39, 0.29) is 0 Å². The van der Waals surface area contributed by atoms with Crippen LogP contribution in [0.15, 0.2) is 146 Å². The molecule has 0 radical (unpaired) electrons. The molecule has 1 aliphatic carbocycles. The summed E-state index contributed by atoms with van der Waals surface area (Å²) < 4.78 is 0. The van der Waals surface area contributed by atoms with Crippen molar-refractivity contribution >= 4 is 42.4 Å². The van der Waals surface area contributed by atoms with Crippen molar-refractivity contribution in [3.05, 3.63) is 151 Å². The van der Waals surface area contributed by atoms with Crippen molar-refractivity contribution in [2.75, 3.05) is 14.1 Å². The van der Waals surface area contributed by atoms with Gasteiger partial charge in [0.1, 0.15) is 0 Å². The molecule has 1 unspecified atom stereocenters. The van der Waals surface area contributed by atoms with Gasteiger partial charge in [-0.3, -0.25) is 0 Å². The van der Waals surface area contributed by atoms with Crippen molar-refractivity contribution in [3.8, 4) is 0 Å². The van der Waals surface area contributed by atoms with Crippen LogP contribution in [0.5, 0.6) is 0 Å². The van der Waals surface area contributed by atoms with E-state index >= 15 is 0 Å². The Bertz CT molecular complexity index is 1430. The zero-order valence-electron chi connectivity index (χ0n) is 24.1. The Morgan fingerprint density at radius 1 is 0.537 bits per heavy atom. The summed E-state index contributed by atoms with van der Waals surface area (Å²) in [6.45, 7) is 0. The minimum atomic E-state index is -0.677. The molecule has 0 amide bonds. The highest BCUT2D eigenvalue weighted by molar-refractivity contribution is 7.80. The first-order valence-corrected chi connectivity index (χ1v) is 17.5. The van der Waals surface area contributed by atoms with Crippen LogP contribution >= 0.6 is 15.8 Å². The molecule has 0 spiro atoms. The second-order valence-electron chi connectivity index (χ2n) is 11.2. The normalized spacial score (nSPS) is 17.8. The Hall–Kier alpha value is -3.08. The van der Waals surface area contributed by atoms with Gasteiger partial charge in [-0.15, -0.1) is 0 Å². The summed E-state index contributed by atoms with van der Waals surface area (Å²) in [5.74, 6) is 0.584. The first-order valence-electron chi connectivity index (χ1n) is 14.8. The molecule has 0 saturated heterocycles. The number of hydrogen-bond donors (Lipinski definition) is 0. The molecular weight excluding hydrogens is 532 g/mol. The number of benzene rings is 5. The van der Waals surface area contributed by atoms with Crippen LogP contribution in [0.4, 0.5) is 0 Å². The molecule has 0 aliphatic heterocycles. The molecule has 206 valence electrons. The van der Waals surface area contributed by atoms with E-state index in [0.717, 1.165) is 0 Å². The molecule has 3 heteroatoms. The third-order valence-electron chi connectivity index (χ3n) is 8.42. The Morgan fingerprint density at radius 2 is 0.976 bits per heavy atom.